The van der Waals surface area contributed by atoms with Crippen molar-refractivity contribution < 1.29 is 0 Å². The molecular formula is C30H20N4. The van der Waals surface area contributed by atoms with Gasteiger partial charge in [-0.3, -0.25) is 0 Å². The molecule has 0 N–H and O–H groups in total. The minimum Gasteiger partial charge on any atom is -0.306 e. The summed E-state index contributed by atoms with van der Waals surface area (Å²) in [5.41, 5.74) is 8.74. The minimum atomic E-state index is 0.412. The highest BCUT2D eigenvalue weighted by atomic mass is 15.3. The van der Waals surface area contributed by atoms with Crippen LogP contribution in [0.25, 0.3) is 11.3 Å². The molecule has 0 radical (unpaired) electrons. The van der Waals surface area contributed by atoms with Gasteiger partial charge in [-0.25, -0.2) is 4.98 Å². The van der Waals surface area contributed by atoms with Crippen molar-refractivity contribution in [1.82, 2.24) is 4.98 Å². The molecule has 0 fully saturated rings. The van der Waals surface area contributed by atoms with Gasteiger partial charge in [0.05, 0.1) is 28.4 Å². The summed E-state index contributed by atoms with van der Waals surface area (Å²) in [6, 6.07) is 43.4. The summed E-state index contributed by atoms with van der Waals surface area (Å²) in [4.78, 5) is 9.10. The van der Waals surface area contributed by atoms with E-state index in [0.29, 0.717) is 5.69 Å². The smallest absolute Gasteiger partial charge is 0.141 e. The molecule has 0 amide bonds. The predicted molar refractivity (Wildman–Crippen MR) is 137 cm³/mol. The number of fused-ring (bicyclic) bond motifs is 2. The number of hydrogen-bond acceptors (Lipinski definition) is 4. The van der Waals surface area contributed by atoms with Crippen LogP contribution in [0.15, 0.2) is 121 Å². The van der Waals surface area contributed by atoms with Crippen LogP contribution in [0.2, 0.25) is 0 Å². The molecule has 5 aromatic rings. The second-order valence-corrected chi connectivity index (χ2v) is 8.05. The standard InChI is InChI=1S/C30H20N4/c31-21-23-11-9-15-26(32-23)22-10-8-14-25(20-22)34-29-18-6-4-16-27(29)33(24-12-2-1-3-13-24)28-17-5-7-19-30(28)34/h1-20H. The van der Waals surface area contributed by atoms with Gasteiger partial charge in [0.25, 0.3) is 0 Å². The Morgan fingerprint density at radius 3 is 1.68 bits per heavy atom. The summed E-state index contributed by atoms with van der Waals surface area (Å²) in [7, 11) is 0. The van der Waals surface area contributed by atoms with Crippen molar-refractivity contribution in [2.75, 3.05) is 9.80 Å². The van der Waals surface area contributed by atoms with Crippen LogP contribution >= 0.6 is 0 Å². The van der Waals surface area contributed by atoms with E-state index in [-0.39, 0.29) is 0 Å². The van der Waals surface area contributed by atoms with Crippen molar-refractivity contribution >= 4 is 34.1 Å². The van der Waals surface area contributed by atoms with Crippen molar-refractivity contribution in [2.45, 2.75) is 0 Å². The van der Waals surface area contributed by atoms with Crippen molar-refractivity contribution in [3.8, 4) is 17.3 Å². The topological polar surface area (TPSA) is 43.2 Å². The summed E-state index contributed by atoms with van der Waals surface area (Å²) in [6.07, 6.45) is 0. The van der Waals surface area contributed by atoms with E-state index in [0.717, 1.165) is 45.4 Å². The van der Waals surface area contributed by atoms with E-state index in [1.54, 1.807) is 6.07 Å². The molecule has 0 aliphatic carbocycles. The third-order valence-corrected chi connectivity index (χ3v) is 6.01. The Hall–Kier alpha value is -4.88. The number of pyridine rings is 1. The van der Waals surface area contributed by atoms with Crippen LogP contribution in [0.1, 0.15) is 5.69 Å². The molecule has 4 aromatic carbocycles. The first-order chi connectivity index (χ1) is 16.8. The second kappa shape index (κ2) is 8.23. The van der Waals surface area contributed by atoms with Gasteiger partial charge in [0.1, 0.15) is 11.8 Å². The predicted octanol–water partition coefficient (Wildman–Crippen LogP) is 7.87. The molecule has 34 heavy (non-hydrogen) atoms. The lowest BCUT2D eigenvalue weighted by Gasteiger charge is -2.40. The maximum absolute atomic E-state index is 9.28. The van der Waals surface area contributed by atoms with Gasteiger partial charge in [0, 0.05) is 16.9 Å². The fraction of sp³-hybridized carbons (Fsp3) is 0. The Morgan fingerprint density at radius 1 is 0.529 bits per heavy atom. The van der Waals surface area contributed by atoms with Crippen LogP contribution in [0.4, 0.5) is 34.1 Å². The summed E-state index contributed by atoms with van der Waals surface area (Å²) < 4.78 is 0. The number of anilines is 6. The van der Waals surface area contributed by atoms with Crippen LogP contribution in [-0.2, 0) is 0 Å². The lowest BCUT2D eigenvalue weighted by molar-refractivity contribution is 1.17. The quantitative estimate of drug-likeness (QED) is 0.283. The minimum absolute atomic E-state index is 0.412. The Bertz CT molecular complexity index is 1490. The van der Waals surface area contributed by atoms with E-state index >= 15 is 0 Å². The molecule has 160 valence electrons. The zero-order chi connectivity index (χ0) is 22.9. The largest absolute Gasteiger partial charge is 0.306 e. The number of nitrogens with zero attached hydrogens (tertiary/aromatic N) is 4. The lowest BCUT2D eigenvalue weighted by Crippen LogP contribution is -2.23. The fourth-order valence-electron chi connectivity index (χ4n) is 4.54. The first kappa shape index (κ1) is 19.8. The average Bonchev–Trinajstić information content (AvgIpc) is 2.92. The van der Waals surface area contributed by atoms with Gasteiger partial charge in [0.2, 0.25) is 0 Å². The lowest BCUT2D eigenvalue weighted by atomic mass is 10.0. The maximum Gasteiger partial charge on any atom is 0.141 e. The van der Waals surface area contributed by atoms with E-state index in [9.17, 15) is 5.26 Å². The second-order valence-electron chi connectivity index (χ2n) is 8.05. The van der Waals surface area contributed by atoms with Crippen LogP contribution < -0.4 is 9.80 Å². The van der Waals surface area contributed by atoms with Gasteiger partial charge in [-0.15, -0.1) is 0 Å². The van der Waals surface area contributed by atoms with E-state index in [4.69, 9.17) is 0 Å². The third kappa shape index (κ3) is 3.28. The number of nitriles is 1. The molecule has 1 aliphatic rings. The molecule has 1 aliphatic heterocycles. The molecule has 0 saturated heterocycles. The summed E-state index contributed by atoms with van der Waals surface area (Å²) in [5, 5.41) is 9.28. The maximum atomic E-state index is 9.28. The van der Waals surface area contributed by atoms with Crippen LogP contribution in [-0.4, -0.2) is 4.98 Å². The molecular weight excluding hydrogens is 416 g/mol. The van der Waals surface area contributed by atoms with E-state index in [1.807, 2.05) is 30.3 Å². The van der Waals surface area contributed by atoms with Gasteiger partial charge in [-0.1, -0.05) is 60.7 Å². The molecule has 0 spiro atoms. The summed E-state index contributed by atoms with van der Waals surface area (Å²) in [6.45, 7) is 0. The van der Waals surface area contributed by atoms with Gasteiger partial charge < -0.3 is 9.80 Å². The van der Waals surface area contributed by atoms with Gasteiger partial charge >= 0.3 is 0 Å². The SMILES string of the molecule is N#Cc1cccc(-c2cccc(N3c4ccccc4N(c4ccccc4)c4ccccc43)c2)n1. The van der Waals surface area contributed by atoms with E-state index < -0.39 is 0 Å². The van der Waals surface area contributed by atoms with Crippen molar-refractivity contribution in [2.24, 2.45) is 0 Å². The van der Waals surface area contributed by atoms with Crippen LogP contribution in [0, 0.1) is 11.3 Å². The molecule has 0 saturated carbocycles. The molecule has 0 atom stereocenters. The number of rotatable bonds is 3. The Labute approximate surface area is 198 Å². The van der Waals surface area contributed by atoms with Crippen molar-refractivity contribution in [3.05, 3.63) is 127 Å². The highest BCUT2D eigenvalue weighted by Crippen LogP contribution is 2.53. The zero-order valence-electron chi connectivity index (χ0n) is 18.3. The number of benzene rings is 4. The van der Waals surface area contributed by atoms with Crippen molar-refractivity contribution in [1.29, 1.82) is 5.26 Å². The van der Waals surface area contributed by atoms with Crippen LogP contribution in [0.3, 0.4) is 0 Å². The average molecular weight is 437 g/mol. The molecule has 0 bridgehead atoms. The zero-order valence-corrected chi connectivity index (χ0v) is 18.3. The molecule has 0 unspecified atom stereocenters. The van der Waals surface area contributed by atoms with E-state index in [2.05, 4.69) is 106 Å². The van der Waals surface area contributed by atoms with E-state index in [1.165, 1.54) is 0 Å². The summed E-state index contributed by atoms with van der Waals surface area (Å²) >= 11 is 0. The van der Waals surface area contributed by atoms with Gasteiger partial charge in [0.15, 0.2) is 0 Å². The molecule has 6 rings (SSSR count). The first-order valence-electron chi connectivity index (χ1n) is 11.1. The highest BCUT2D eigenvalue weighted by molar-refractivity contribution is 6.01. The first-order valence-corrected chi connectivity index (χ1v) is 11.1. The molecule has 2 heterocycles. The Balaban J connectivity index is 1.54. The Morgan fingerprint density at radius 2 is 1.06 bits per heavy atom. The van der Waals surface area contributed by atoms with Gasteiger partial charge in [-0.05, 0) is 60.7 Å². The van der Waals surface area contributed by atoms with Gasteiger partial charge in [-0.2, -0.15) is 5.26 Å². The number of para-hydroxylation sites is 5. The normalized spacial score (nSPS) is 12.0. The Kier molecular flexibility index (Phi) is 4.79. The number of aromatic nitrogens is 1. The van der Waals surface area contributed by atoms with Crippen LogP contribution in [0.5, 0.6) is 0 Å². The molecule has 4 heteroatoms. The molecule has 4 nitrogen and oxygen atoms in total. The highest BCUT2D eigenvalue weighted by Gasteiger charge is 2.29. The van der Waals surface area contributed by atoms with Crippen molar-refractivity contribution in [3.63, 3.8) is 0 Å². The fourth-order valence-corrected chi connectivity index (χ4v) is 4.54. The molecule has 1 aromatic heterocycles. The third-order valence-electron chi connectivity index (χ3n) is 6.01. The number of hydrogen-bond donors (Lipinski definition) is 0. The summed E-state index contributed by atoms with van der Waals surface area (Å²) in [5.74, 6) is 0. The monoisotopic (exact) mass is 436 g/mol.